The van der Waals surface area contributed by atoms with Gasteiger partial charge in [0.05, 0.1) is 38.6 Å². The highest BCUT2D eigenvalue weighted by atomic mass is 16.6. The fourth-order valence-corrected chi connectivity index (χ4v) is 3.09. The second-order valence-corrected chi connectivity index (χ2v) is 6.03. The average molecular weight is 356 g/mol. The van der Waals surface area contributed by atoms with E-state index < -0.39 is 0 Å². The molecular weight excluding hydrogens is 332 g/mol. The summed E-state index contributed by atoms with van der Waals surface area (Å²) < 4.78 is 21.0. The van der Waals surface area contributed by atoms with Crippen molar-refractivity contribution in [2.75, 3.05) is 46.8 Å². The zero-order valence-electron chi connectivity index (χ0n) is 15.0. The van der Waals surface area contributed by atoms with Crippen LogP contribution >= 0.6 is 0 Å². The summed E-state index contributed by atoms with van der Waals surface area (Å²) >= 11 is 0. The first kappa shape index (κ1) is 18.6. The first-order chi connectivity index (χ1) is 12.8. The van der Waals surface area contributed by atoms with Gasteiger partial charge in [0.15, 0.2) is 0 Å². The van der Waals surface area contributed by atoms with E-state index in [2.05, 4.69) is 18.2 Å². The third-order valence-electron chi connectivity index (χ3n) is 4.30. The predicted molar refractivity (Wildman–Crippen MR) is 98.5 cm³/mol. The molecule has 0 fully saturated rings. The second-order valence-electron chi connectivity index (χ2n) is 6.03. The maximum Gasteiger partial charge on any atom is 0.338 e. The van der Waals surface area contributed by atoms with E-state index in [0.29, 0.717) is 38.6 Å². The Kier molecular flexibility index (Phi) is 6.77. The maximum atomic E-state index is 12.5. The zero-order valence-corrected chi connectivity index (χ0v) is 15.0. The molecule has 2 aromatic carbocycles. The van der Waals surface area contributed by atoms with Gasteiger partial charge in [0.1, 0.15) is 6.61 Å². The van der Waals surface area contributed by atoms with Crippen LogP contribution in [0.3, 0.4) is 0 Å². The van der Waals surface area contributed by atoms with Crippen LogP contribution in [0.25, 0.3) is 11.1 Å². The van der Waals surface area contributed by atoms with Crippen LogP contribution < -0.4 is 0 Å². The molecule has 0 bridgehead atoms. The molecule has 5 heteroatoms. The molecule has 138 valence electrons. The summed E-state index contributed by atoms with van der Waals surface area (Å²) in [6.07, 6.45) is 0.860. The molecule has 3 rings (SSSR count). The quantitative estimate of drug-likeness (QED) is 0.413. The van der Waals surface area contributed by atoms with Gasteiger partial charge in [0.2, 0.25) is 0 Å². The highest BCUT2D eigenvalue weighted by molar-refractivity contribution is 6.00. The van der Waals surface area contributed by atoms with Crippen LogP contribution in [0, 0.1) is 0 Å². The van der Waals surface area contributed by atoms with E-state index in [9.17, 15) is 4.79 Å². The van der Waals surface area contributed by atoms with Gasteiger partial charge in [-0.05, 0) is 34.7 Å². The lowest BCUT2D eigenvalue weighted by molar-refractivity contribution is 0.00573. The van der Waals surface area contributed by atoms with Gasteiger partial charge in [0.25, 0.3) is 0 Å². The summed E-state index contributed by atoms with van der Waals surface area (Å²) in [5, 5.41) is 0. The summed E-state index contributed by atoms with van der Waals surface area (Å²) in [4.78, 5) is 12.5. The molecule has 1 aliphatic carbocycles. The molecule has 0 atom stereocenters. The monoisotopic (exact) mass is 356 g/mol. The van der Waals surface area contributed by atoms with Crippen LogP contribution in [0.5, 0.6) is 0 Å². The fourth-order valence-electron chi connectivity index (χ4n) is 3.09. The highest BCUT2D eigenvalue weighted by Gasteiger charge is 2.24. The van der Waals surface area contributed by atoms with Crippen molar-refractivity contribution >= 4 is 5.97 Å². The first-order valence-corrected chi connectivity index (χ1v) is 8.83. The van der Waals surface area contributed by atoms with E-state index in [1.807, 2.05) is 24.3 Å². The number of fused-ring (bicyclic) bond motifs is 3. The Morgan fingerprint density at radius 3 is 2.35 bits per heavy atom. The third-order valence-corrected chi connectivity index (χ3v) is 4.30. The van der Waals surface area contributed by atoms with E-state index >= 15 is 0 Å². The van der Waals surface area contributed by atoms with Crippen molar-refractivity contribution in [1.82, 2.24) is 0 Å². The average Bonchev–Trinajstić information content (AvgIpc) is 3.05. The van der Waals surface area contributed by atoms with Crippen molar-refractivity contribution in [3.05, 3.63) is 59.2 Å². The smallest absolute Gasteiger partial charge is 0.338 e. The van der Waals surface area contributed by atoms with Gasteiger partial charge in [-0.2, -0.15) is 0 Å². The molecule has 0 radical (unpaired) electrons. The van der Waals surface area contributed by atoms with Crippen LogP contribution in [0.1, 0.15) is 21.5 Å². The molecule has 0 saturated heterocycles. The fraction of sp³-hybridized carbons (Fsp3) is 0.381. The topological polar surface area (TPSA) is 54.0 Å². The van der Waals surface area contributed by atoms with Gasteiger partial charge < -0.3 is 18.9 Å². The molecule has 0 amide bonds. The van der Waals surface area contributed by atoms with E-state index in [1.165, 1.54) is 11.1 Å². The van der Waals surface area contributed by atoms with Crippen molar-refractivity contribution in [3.8, 4) is 11.1 Å². The third kappa shape index (κ3) is 4.49. The number of hydrogen-bond donors (Lipinski definition) is 0. The van der Waals surface area contributed by atoms with E-state index in [1.54, 1.807) is 7.11 Å². The number of ether oxygens (including phenoxy) is 4. The van der Waals surface area contributed by atoms with E-state index in [4.69, 9.17) is 18.9 Å². The number of methoxy groups -OCH3 is 1. The first-order valence-electron chi connectivity index (χ1n) is 8.83. The summed E-state index contributed by atoms with van der Waals surface area (Å²) in [7, 11) is 1.63. The lowest BCUT2D eigenvalue weighted by Gasteiger charge is -2.10. The van der Waals surface area contributed by atoms with Crippen molar-refractivity contribution in [2.24, 2.45) is 0 Å². The summed E-state index contributed by atoms with van der Waals surface area (Å²) in [5.41, 5.74) is 5.17. The maximum absolute atomic E-state index is 12.5. The normalized spacial score (nSPS) is 11.9. The second kappa shape index (κ2) is 9.48. The molecule has 0 aromatic heterocycles. The van der Waals surface area contributed by atoms with Gasteiger partial charge in [-0.3, -0.25) is 0 Å². The summed E-state index contributed by atoms with van der Waals surface area (Å²) in [6, 6.07) is 14.0. The van der Waals surface area contributed by atoms with Gasteiger partial charge >= 0.3 is 5.97 Å². The van der Waals surface area contributed by atoms with Crippen LogP contribution in [0.15, 0.2) is 42.5 Å². The molecule has 0 spiro atoms. The Bertz CT molecular complexity index is 741. The number of rotatable bonds is 10. The molecule has 2 aromatic rings. The van der Waals surface area contributed by atoms with Gasteiger partial charge in [-0.15, -0.1) is 0 Å². The molecule has 0 N–H and O–H groups in total. The van der Waals surface area contributed by atoms with Crippen LogP contribution in [0.2, 0.25) is 0 Å². The van der Waals surface area contributed by atoms with E-state index in [0.717, 1.165) is 17.5 Å². The molecule has 5 nitrogen and oxygen atoms in total. The minimum Gasteiger partial charge on any atom is -0.460 e. The number of benzene rings is 2. The molecule has 1 aliphatic rings. The molecule has 0 heterocycles. The van der Waals surface area contributed by atoms with Crippen molar-refractivity contribution in [3.63, 3.8) is 0 Å². The minimum absolute atomic E-state index is 0.224. The van der Waals surface area contributed by atoms with Crippen molar-refractivity contribution in [2.45, 2.75) is 6.42 Å². The molecule has 0 saturated carbocycles. The van der Waals surface area contributed by atoms with Gasteiger partial charge in [0, 0.05) is 7.11 Å². The standard InChI is InChI=1S/C21H24O5/c1-23-9-10-24-11-12-25-13-14-26-21(22)19-8-4-6-17-15-16-5-2-3-7-18(16)20(17)19/h2-8H,9-15H2,1H3. The van der Waals surface area contributed by atoms with Crippen molar-refractivity contribution in [1.29, 1.82) is 0 Å². The van der Waals surface area contributed by atoms with Crippen molar-refractivity contribution < 1.29 is 23.7 Å². The summed E-state index contributed by atoms with van der Waals surface area (Å²) in [5.74, 6) is -0.307. The SMILES string of the molecule is COCCOCCOCCOC(=O)c1cccc2c1-c1ccccc1C2. The zero-order chi connectivity index (χ0) is 18.2. The van der Waals surface area contributed by atoms with Gasteiger partial charge in [-0.1, -0.05) is 36.4 Å². The Morgan fingerprint density at radius 1 is 0.846 bits per heavy atom. The molecule has 26 heavy (non-hydrogen) atoms. The van der Waals surface area contributed by atoms with Crippen LogP contribution in [-0.4, -0.2) is 52.7 Å². The predicted octanol–water partition coefficient (Wildman–Crippen LogP) is 3.09. The molecular formula is C21H24O5. The van der Waals surface area contributed by atoms with E-state index in [-0.39, 0.29) is 12.6 Å². The molecule has 0 aliphatic heterocycles. The lowest BCUT2D eigenvalue weighted by atomic mass is 10.00. The Balaban J connectivity index is 1.48. The largest absolute Gasteiger partial charge is 0.460 e. The molecule has 0 unspecified atom stereocenters. The Hall–Kier alpha value is -2.21. The van der Waals surface area contributed by atoms with Crippen LogP contribution in [0.4, 0.5) is 0 Å². The highest BCUT2D eigenvalue weighted by Crippen LogP contribution is 2.38. The summed E-state index contributed by atoms with van der Waals surface area (Å²) in [6.45, 7) is 2.67. The number of carbonyl (C=O) groups excluding carboxylic acids is 1. The Labute approximate surface area is 153 Å². The lowest BCUT2D eigenvalue weighted by Crippen LogP contribution is -2.14. The minimum atomic E-state index is -0.307. The number of carbonyl (C=O) groups is 1. The number of esters is 1. The Morgan fingerprint density at radius 2 is 1.54 bits per heavy atom. The van der Waals surface area contributed by atoms with Crippen LogP contribution in [-0.2, 0) is 25.4 Å². The van der Waals surface area contributed by atoms with Gasteiger partial charge in [-0.25, -0.2) is 4.79 Å². The number of hydrogen-bond acceptors (Lipinski definition) is 5.